The van der Waals surface area contributed by atoms with Gasteiger partial charge < -0.3 is 14.2 Å². The average Bonchev–Trinajstić information content (AvgIpc) is 2.72. The highest BCUT2D eigenvalue weighted by Gasteiger charge is 2.24. The van der Waals surface area contributed by atoms with Crippen LogP contribution in [0.2, 0.25) is 0 Å². The zero-order valence-electron chi connectivity index (χ0n) is 18.4. The van der Waals surface area contributed by atoms with Crippen molar-refractivity contribution < 1.29 is 28.3 Å². The van der Waals surface area contributed by atoms with Crippen molar-refractivity contribution in [3.63, 3.8) is 0 Å². The zero-order chi connectivity index (χ0) is 23.3. The van der Waals surface area contributed by atoms with Crippen molar-refractivity contribution in [1.29, 1.82) is 0 Å². The van der Waals surface area contributed by atoms with Crippen molar-refractivity contribution in [1.82, 2.24) is 0 Å². The van der Waals surface area contributed by atoms with Crippen molar-refractivity contribution in [2.24, 2.45) is 0 Å². The fourth-order valence-corrected chi connectivity index (χ4v) is 3.34. The van der Waals surface area contributed by atoms with Crippen molar-refractivity contribution in [2.45, 2.75) is 58.5 Å². The number of hydrogen-bond donors (Lipinski definition) is 1. The van der Waals surface area contributed by atoms with Gasteiger partial charge in [0.05, 0.1) is 11.5 Å². The van der Waals surface area contributed by atoms with Gasteiger partial charge in [-0.25, -0.2) is 9.18 Å². The Hall–Kier alpha value is -3.04. The number of anilines is 1. The molecule has 8 nitrogen and oxygen atoms in total. The molecule has 0 aliphatic carbocycles. The number of ether oxygens (including phenoxy) is 3. The third-order valence-electron chi connectivity index (χ3n) is 4.77. The number of halogens is 1. The SMILES string of the molecule is CC(C)(C)OC(=O)Nc1cc(COC2CCCCO2)c(-c2ccc(F)cc2)cc1[N+](=O)[O-]. The summed E-state index contributed by atoms with van der Waals surface area (Å²) in [4.78, 5) is 23.4. The molecule has 0 saturated carbocycles. The molecule has 1 aliphatic heterocycles. The number of rotatable bonds is 6. The quantitative estimate of drug-likeness (QED) is 0.445. The number of amides is 1. The number of nitro groups is 1. The largest absolute Gasteiger partial charge is 0.444 e. The lowest BCUT2D eigenvalue weighted by molar-refractivity contribution is -0.383. The molecule has 9 heteroatoms. The van der Waals surface area contributed by atoms with Gasteiger partial charge in [0.2, 0.25) is 0 Å². The normalized spacial score (nSPS) is 16.4. The zero-order valence-corrected chi connectivity index (χ0v) is 18.4. The first-order chi connectivity index (χ1) is 15.1. The van der Waals surface area contributed by atoms with Crippen molar-refractivity contribution in [3.05, 3.63) is 57.9 Å². The minimum atomic E-state index is -0.808. The second-order valence-corrected chi connectivity index (χ2v) is 8.52. The molecule has 1 amide bonds. The minimum absolute atomic E-state index is 0.0155. The van der Waals surface area contributed by atoms with Crippen LogP contribution in [0.25, 0.3) is 11.1 Å². The van der Waals surface area contributed by atoms with Crippen LogP contribution in [0, 0.1) is 15.9 Å². The Morgan fingerprint density at radius 3 is 2.56 bits per heavy atom. The summed E-state index contributed by atoms with van der Waals surface area (Å²) in [6, 6.07) is 8.47. The molecule has 0 bridgehead atoms. The maximum atomic E-state index is 13.4. The monoisotopic (exact) mass is 446 g/mol. The Balaban J connectivity index is 1.98. The van der Waals surface area contributed by atoms with E-state index in [-0.39, 0.29) is 24.3 Å². The predicted octanol–water partition coefficient (Wildman–Crippen LogP) is 5.79. The van der Waals surface area contributed by atoms with E-state index in [0.29, 0.717) is 23.3 Å². The number of nitro benzene ring substituents is 1. The van der Waals surface area contributed by atoms with Gasteiger partial charge in [-0.15, -0.1) is 0 Å². The molecule has 2 aromatic carbocycles. The molecular formula is C23H27FN2O6. The molecule has 1 unspecified atom stereocenters. The third-order valence-corrected chi connectivity index (χ3v) is 4.77. The van der Waals surface area contributed by atoms with Gasteiger partial charge >= 0.3 is 6.09 Å². The highest BCUT2D eigenvalue weighted by atomic mass is 19.1. The number of hydrogen-bond acceptors (Lipinski definition) is 6. The van der Waals surface area contributed by atoms with Crippen LogP contribution in [-0.2, 0) is 20.8 Å². The molecular weight excluding hydrogens is 419 g/mol. The number of carbonyl (C=O) groups excluding carboxylic acids is 1. The van der Waals surface area contributed by atoms with Crippen molar-refractivity contribution >= 4 is 17.5 Å². The molecule has 0 radical (unpaired) electrons. The molecule has 172 valence electrons. The van der Waals surface area contributed by atoms with E-state index in [4.69, 9.17) is 14.2 Å². The highest BCUT2D eigenvalue weighted by Crippen LogP contribution is 2.35. The fraction of sp³-hybridized carbons (Fsp3) is 0.435. The number of nitrogens with zero attached hydrogens (tertiary/aromatic N) is 1. The molecule has 1 heterocycles. The van der Waals surface area contributed by atoms with Crippen molar-refractivity contribution in [3.8, 4) is 11.1 Å². The molecule has 0 aromatic heterocycles. The summed E-state index contributed by atoms with van der Waals surface area (Å²) >= 11 is 0. The van der Waals surface area contributed by atoms with E-state index in [0.717, 1.165) is 19.3 Å². The molecule has 1 aliphatic rings. The first-order valence-corrected chi connectivity index (χ1v) is 10.4. The van der Waals surface area contributed by atoms with Crippen LogP contribution in [0.3, 0.4) is 0 Å². The maximum absolute atomic E-state index is 13.4. The van der Waals surface area contributed by atoms with Gasteiger partial charge in [0.15, 0.2) is 6.29 Å². The van der Waals surface area contributed by atoms with E-state index >= 15 is 0 Å². The number of benzene rings is 2. The van der Waals surface area contributed by atoms with E-state index in [1.165, 1.54) is 36.4 Å². The molecule has 1 atom stereocenters. The Morgan fingerprint density at radius 2 is 1.97 bits per heavy atom. The van der Waals surface area contributed by atoms with Crippen LogP contribution in [0.1, 0.15) is 45.6 Å². The summed E-state index contributed by atoms with van der Waals surface area (Å²) in [5.41, 5.74) is 0.578. The lowest BCUT2D eigenvalue weighted by Crippen LogP contribution is -2.27. The third kappa shape index (κ3) is 6.48. The van der Waals surface area contributed by atoms with Crippen LogP contribution in [0.5, 0.6) is 0 Å². The minimum Gasteiger partial charge on any atom is -0.444 e. The second-order valence-electron chi connectivity index (χ2n) is 8.52. The average molecular weight is 446 g/mol. The van der Waals surface area contributed by atoms with Gasteiger partial charge in [0, 0.05) is 12.7 Å². The summed E-state index contributed by atoms with van der Waals surface area (Å²) in [5.74, 6) is -0.417. The lowest BCUT2D eigenvalue weighted by atomic mass is 9.98. The maximum Gasteiger partial charge on any atom is 0.412 e. The smallest absolute Gasteiger partial charge is 0.412 e. The van der Waals surface area contributed by atoms with Gasteiger partial charge in [-0.1, -0.05) is 12.1 Å². The topological polar surface area (TPSA) is 99.9 Å². The summed E-state index contributed by atoms with van der Waals surface area (Å²) in [6.45, 7) is 5.80. The highest BCUT2D eigenvalue weighted by molar-refractivity contribution is 5.90. The first kappa shape index (κ1) is 23.6. The van der Waals surface area contributed by atoms with Crippen molar-refractivity contribution in [2.75, 3.05) is 11.9 Å². The summed E-state index contributed by atoms with van der Waals surface area (Å²) < 4.78 is 30.2. The Morgan fingerprint density at radius 1 is 1.25 bits per heavy atom. The second kappa shape index (κ2) is 10.1. The lowest BCUT2D eigenvalue weighted by Gasteiger charge is -2.23. The van der Waals surface area contributed by atoms with Crippen LogP contribution in [0.4, 0.5) is 20.6 Å². The van der Waals surface area contributed by atoms with E-state index in [1.807, 2.05) is 0 Å². The summed E-state index contributed by atoms with van der Waals surface area (Å²) in [5, 5.41) is 14.2. The molecule has 1 N–H and O–H groups in total. The molecule has 3 rings (SSSR count). The number of carbonyl (C=O) groups is 1. The Labute approximate surface area is 185 Å². The van der Waals surface area contributed by atoms with E-state index in [9.17, 15) is 19.3 Å². The molecule has 1 fully saturated rings. The summed E-state index contributed by atoms with van der Waals surface area (Å²) in [7, 11) is 0. The Kier molecular flexibility index (Phi) is 7.42. The molecule has 0 spiro atoms. The van der Waals surface area contributed by atoms with E-state index in [1.54, 1.807) is 20.8 Å². The van der Waals surface area contributed by atoms with Gasteiger partial charge in [-0.2, -0.15) is 0 Å². The van der Waals surface area contributed by atoms with E-state index < -0.39 is 22.4 Å². The van der Waals surface area contributed by atoms with Crippen LogP contribution in [-0.4, -0.2) is 29.5 Å². The van der Waals surface area contributed by atoms with Crippen LogP contribution < -0.4 is 5.32 Å². The van der Waals surface area contributed by atoms with Gasteiger partial charge in [-0.05, 0) is 74.9 Å². The first-order valence-electron chi connectivity index (χ1n) is 10.4. The Bertz CT molecular complexity index is 966. The fourth-order valence-electron chi connectivity index (χ4n) is 3.34. The molecule has 1 saturated heterocycles. The summed E-state index contributed by atoms with van der Waals surface area (Å²) in [6.07, 6.45) is 1.53. The van der Waals surface area contributed by atoms with Crippen LogP contribution in [0.15, 0.2) is 36.4 Å². The number of nitrogens with one attached hydrogen (secondary N) is 1. The molecule has 2 aromatic rings. The standard InChI is InChI=1S/C23H27FN2O6/c1-23(2,3)32-22(27)25-19-12-16(14-31-21-6-4-5-11-30-21)18(13-20(19)26(28)29)15-7-9-17(24)10-8-15/h7-10,12-13,21H,4-6,11,14H2,1-3H3,(H,25,27). The van der Waals surface area contributed by atoms with Gasteiger partial charge in [-0.3, -0.25) is 15.4 Å². The van der Waals surface area contributed by atoms with Gasteiger partial charge in [0.1, 0.15) is 17.1 Å². The predicted molar refractivity (Wildman–Crippen MR) is 117 cm³/mol. The van der Waals surface area contributed by atoms with Crippen LogP contribution >= 0.6 is 0 Å². The van der Waals surface area contributed by atoms with E-state index in [2.05, 4.69) is 5.32 Å². The molecule has 32 heavy (non-hydrogen) atoms. The van der Waals surface area contributed by atoms with Gasteiger partial charge in [0.25, 0.3) is 5.69 Å².